The van der Waals surface area contributed by atoms with E-state index in [1.807, 2.05) is 13.0 Å². The molecule has 0 bridgehead atoms. The summed E-state index contributed by atoms with van der Waals surface area (Å²) in [7, 11) is 0. The molecule has 27 heavy (non-hydrogen) atoms. The quantitative estimate of drug-likeness (QED) is 0.616. The minimum absolute atomic E-state index is 0.226. The van der Waals surface area contributed by atoms with Gasteiger partial charge in [0.15, 0.2) is 6.61 Å². The van der Waals surface area contributed by atoms with E-state index in [1.165, 1.54) is 24.0 Å². The van der Waals surface area contributed by atoms with Gasteiger partial charge in [0.05, 0.1) is 11.0 Å². The van der Waals surface area contributed by atoms with Gasteiger partial charge in [0.2, 0.25) is 5.75 Å². The Hall–Kier alpha value is -2.96. The van der Waals surface area contributed by atoms with Crippen molar-refractivity contribution in [2.45, 2.75) is 38.6 Å². The van der Waals surface area contributed by atoms with Gasteiger partial charge < -0.3 is 10.1 Å². The third kappa shape index (κ3) is 4.61. The molecule has 2 aromatic carbocycles. The minimum Gasteiger partial charge on any atom is -0.477 e. The summed E-state index contributed by atoms with van der Waals surface area (Å²) < 4.78 is 18.5. The molecule has 0 aliphatic heterocycles. The van der Waals surface area contributed by atoms with Gasteiger partial charge >= 0.3 is 5.69 Å². The van der Waals surface area contributed by atoms with E-state index in [0.717, 1.165) is 36.6 Å². The first kappa shape index (κ1) is 18.8. The highest BCUT2D eigenvalue weighted by Crippen LogP contribution is 2.27. The van der Waals surface area contributed by atoms with Gasteiger partial charge in [-0.15, -0.1) is 0 Å². The number of hydrogen-bond acceptors (Lipinski definition) is 4. The number of carbonyl (C=O) groups excluding carboxylic acids is 1. The second-order valence-corrected chi connectivity index (χ2v) is 6.68. The molecule has 3 rings (SSSR count). The molecule has 6 nitrogen and oxygen atoms in total. The van der Waals surface area contributed by atoms with Crippen LogP contribution in [0.2, 0.25) is 0 Å². The van der Waals surface area contributed by atoms with E-state index in [0.29, 0.717) is 0 Å². The van der Waals surface area contributed by atoms with E-state index < -0.39 is 23.3 Å². The Morgan fingerprint density at radius 1 is 1.22 bits per heavy atom. The van der Waals surface area contributed by atoms with E-state index in [9.17, 15) is 19.3 Å². The largest absolute Gasteiger partial charge is 0.477 e. The summed E-state index contributed by atoms with van der Waals surface area (Å²) in [6, 6.07) is 8.90. The predicted octanol–water partition coefficient (Wildman–Crippen LogP) is 3.87. The molecule has 7 heteroatoms. The first-order valence-electron chi connectivity index (χ1n) is 8.92. The fraction of sp³-hybridized carbons (Fsp3) is 0.350. The molecular weight excluding hydrogens is 351 g/mol. The third-order valence-corrected chi connectivity index (χ3v) is 4.73. The topological polar surface area (TPSA) is 81.5 Å². The zero-order valence-electron chi connectivity index (χ0n) is 15.0. The van der Waals surface area contributed by atoms with Crippen LogP contribution in [0.1, 0.15) is 42.5 Å². The van der Waals surface area contributed by atoms with Crippen molar-refractivity contribution in [2.75, 3.05) is 6.61 Å². The van der Waals surface area contributed by atoms with Crippen LogP contribution in [-0.2, 0) is 17.6 Å². The fourth-order valence-electron chi connectivity index (χ4n) is 3.29. The fourth-order valence-corrected chi connectivity index (χ4v) is 3.29. The van der Waals surface area contributed by atoms with E-state index in [-0.39, 0.29) is 17.5 Å². The average Bonchev–Trinajstić information content (AvgIpc) is 2.65. The Labute approximate surface area is 156 Å². The van der Waals surface area contributed by atoms with Gasteiger partial charge in [-0.3, -0.25) is 14.9 Å². The maximum Gasteiger partial charge on any atom is 0.311 e. The van der Waals surface area contributed by atoms with Gasteiger partial charge in [-0.05, 0) is 55.4 Å². The Morgan fingerprint density at radius 3 is 2.70 bits per heavy atom. The number of rotatable bonds is 6. The van der Waals surface area contributed by atoms with Gasteiger partial charge in [-0.2, -0.15) is 0 Å². The smallest absolute Gasteiger partial charge is 0.311 e. The maximum atomic E-state index is 13.3. The van der Waals surface area contributed by atoms with Gasteiger partial charge in [-0.1, -0.05) is 18.2 Å². The number of aryl methyl sites for hydroxylation is 2. The number of ether oxygens (including phenoxy) is 1. The number of nitrogens with zero attached hydrogens (tertiary/aromatic N) is 1. The second kappa shape index (κ2) is 8.16. The Kier molecular flexibility index (Phi) is 5.69. The third-order valence-electron chi connectivity index (χ3n) is 4.73. The van der Waals surface area contributed by atoms with Crippen LogP contribution < -0.4 is 10.1 Å². The highest BCUT2D eigenvalue weighted by Gasteiger charge is 2.18. The van der Waals surface area contributed by atoms with Crippen LogP contribution in [-0.4, -0.2) is 17.4 Å². The second-order valence-electron chi connectivity index (χ2n) is 6.68. The number of nitro groups is 1. The highest BCUT2D eigenvalue weighted by atomic mass is 19.1. The lowest BCUT2D eigenvalue weighted by Crippen LogP contribution is -2.31. The van der Waals surface area contributed by atoms with Crippen LogP contribution in [0.5, 0.6) is 5.75 Å². The van der Waals surface area contributed by atoms with Crippen molar-refractivity contribution >= 4 is 11.6 Å². The summed E-state index contributed by atoms with van der Waals surface area (Å²) in [5.41, 5.74) is 3.31. The van der Waals surface area contributed by atoms with Gasteiger partial charge in [0.25, 0.3) is 5.91 Å². The van der Waals surface area contributed by atoms with Crippen LogP contribution in [0.25, 0.3) is 0 Å². The summed E-state index contributed by atoms with van der Waals surface area (Å²) in [5, 5.41) is 13.8. The Balaban J connectivity index is 1.61. The van der Waals surface area contributed by atoms with Crippen LogP contribution in [0, 0.1) is 15.9 Å². The lowest BCUT2D eigenvalue weighted by Gasteiger charge is -2.20. The molecule has 1 aliphatic carbocycles. The molecule has 1 aliphatic rings. The molecule has 142 valence electrons. The van der Waals surface area contributed by atoms with Crippen molar-refractivity contribution in [3.05, 3.63) is 69.0 Å². The number of amides is 1. The maximum absolute atomic E-state index is 13.3. The molecule has 2 aromatic rings. The standard InChI is InChI=1S/C20H21FN2O4/c1-13(15-7-6-14-4-2-3-5-16(14)10-15)22-20(24)12-27-19-11-17(21)8-9-18(19)23(25)26/h6-11,13H,2-5,12H2,1H3,(H,22,24)/t13-/m1/s1. The molecule has 0 saturated carbocycles. The number of halogens is 1. The Morgan fingerprint density at radius 2 is 1.96 bits per heavy atom. The average molecular weight is 372 g/mol. The van der Waals surface area contributed by atoms with Gasteiger partial charge in [-0.25, -0.2) is 4.39 Å². The zero-order valence-corrected chi connectivity index (χ0v) is 15.0. The first-order valence-corrected chi connectivity index (χ1v) is 8.92. The summed E-state index contributed by atoms with van der Waals surface area (Å²) >= 11 is 0. The molecule has 0 fully saturated rings. The lowest BCUT2D eigenvalue weighted by molar-refractivity contribution is -0.385. The summed E-state index contributed by atoms with van der Waals surface area (Å²) in [6.07, 6.45) is 4.53. The molecule has 0 aromatic heterocycles. The summed E-state index contributed by atoms with van der Waals surface area (Å²) in [6.45, 7) is 1.44. The molecule has 0 saturated heterocycles. The minimum atomic E-state index is -0.678. The number of hydrogen-bond donors (Lipinski definition) is 1. The molecule has 0 spiro atoms. The number of carbonyl (C=O) groups is 1. The monoisotopic (exact) mass is 372 g/mol. The van der Waals surface area contributed by atoms with E-state index in [4.69, 9.17) is 4.74 Å². The number of nitro benzene ring substituents is 1. The number of nitrogens with one attached hydrogen (secondary N) is 1. The van der Waals surface area contributed by atoms with Crippen molar-refractivity contribution in [3.63, 3.8) is 0 Å². The van der Waals surface area contributed by atoms with E-state index in [2.05, 4.69) is 17.4 Å². The van der Waals surface area contributed by atoms with Crippen molar-refractivity contribution in [2.24, 2.45) is 0 Å². The summed E-state index contributed by atoms with van der Waals surface area (Å²) in [5.74, 6) is -1.37. The van der Waals surface area contributed by atoms with Crippen molar-refractivity contribution in [1.29, 1.82) is 0 Å². The molecule has 1 atom stereocenters. The van der Waals surface area contributed by atoms with Gasteiger partial charge in [0.1, 0.15) is 5.82 Å². The molecule has 1 N–H and O–H groups in total. The molecule has 0 unspecified atom stereocenters. The van der Waals surface area contributed by atoms with Crippen LogP contribution in [0.4, 0.5) is 10.1 Å². The first-order chi connectivity index (χ1) is 12.9. The van der Waals surface area contributed by atoms with E-state index >= 15 is 0 Å². The van der Waals surface area contributed by atoms with Crippen LogP contribution >= 0.6 is 0 Å². The predicted molar refractivity (Wildman–Crippen MR) is 98.2 cm³/mol. The lowest BCUT2D eigenvalue weighted by atomic mass is 9.89. The number of fused-ring (bicyclic) bond motifs is 1. The Bertz CT molecular complexity index is 869. The summed E-state index contributed by atoms with van der Waals surface area (Å²) in [4.78, 5) is 22.4. The molecule has 1 amide bonds. The van der Waals surface area contributed by atoms with Crippen molar-refractivity contribution in [3.8, 4) is 5.75 Å². The van der Waals surface area contributed by atoms with Gasteiger partial charge in [0, 0.05) is 12.1 Å². The van der Waals surface area contributed by atoms with Crippen LogP contribution in [0.3, 0.4) is 0 Å². The number of benzene rings is 2. The molecule has 0 radical (unpaired) electrons. The van der Waals surface area contributed by atoms with E-state index in [1.54, 1.807) is 0 Å². The SMILES string of the molecule is C[C@@H](NC(=O)COc1cc(F)ccc1[N+](=O)[O-])c1ccc2c(c1)CCCC2. The zero-order chi connectivity index (χ0) is 19.4. The van der Waals surface area contributed by atoms with Crippen LogP contribution in [0.15, 0.2) is 36.4 Å². The molecule has 0 heterocycles. The normalized spacial score (nSPS) is 14.1. The van der Waals surface area contributed by atoms with Crippen molar-refractivity contribution < 1.29 is 18.8 Å². The van der Waals surface area contributed by atoms with Crippen molar-refractivity contribution in [1.82, 2.24) is 5.32 Å². The highest BCUT2D eigenvalue weighted by molar-refractivity contribution is 5.78. The molecular formula is C20H21FN2O4.